The Morgan fingerprint density at radius 3 is 2.58 bits per heavy atom. The van der Waals surface area contributed by atoms with Crippen LogP contribution in [0.2, 0.25) is 0 Å². The highest BCUT2D eigenvalue weighted by atomic mass is 15.3. The molecule has 1 rings (SSSR count). The zero-order chi connectivity index (χ0) is 9.35. The predicted molar refractivity (Wildman–Crippen MR) is 50.1 cm³/mol. The molecule has 1 aromatic heterocycles. The van der Waals surface area contributed by atoms with E-state index in [1.165, 1.54) is 0 Å². The second kappa shape index (κ2) is 2.67. The lowest BCUT2D eigenvalue weighted by atomic mass is 9.97. The third-order valence-electron chi connectivity index (χ3n) is 2.06. The fourth-order valence-corrected chi connectivity index (χ4v) is 1.10. The standard InChI is InChI=1S/C8H12BN3/c1-6-7(9)4-11-12(6)8(2,3)5-10/h4H,9H2,1-3H3. The lowest BCUT2D eigenvalue weighted by Crippen LogP contribution is -2.27. The van der Waals surface area contributed by atoms with Crippen LogP contribution >= 0.6 is 0 Å². The van der Waals surface area contributed by atoms with Crippen molar-refractivity contribution >= 4 is 13.3 Å². The van der Waals surface area contributed by atoms with E-state index < -0.39 is 5.54 Å². The summed E-state index contributed by atoms with van der Waals surface area (Å²) in [5.41, 5.74) is 1.64. The summed E-state index contributed by atoms with van der Waals surface area (Å²) in [5.74, 6) is 0. The van der Waals surface area contributed by atoms with Gasteiger partial charge in [0.2, 0.25) is 0 Å². The van der Waals surface area contributed by atoms with Gasteiger partial charge in [-0.1, -0.05) is 0 Å². The number of nitriles is 1. The van der Waals surface area contributed by atoms with Crippen LogP contribution in [0.15, 0.2) is 6.20 Å². The Morgan fingerprint density at radius 2 is 2.25 bits per heavy atom. The summed E-state index contributed by atoms with van der Waals surface area (Å²) in [6.45, 7) is 5.68. The second-order valence-corrected chi connectivity index (χ2v) is 3.50. The molecule has 0 saturated heterocycles. The fourth-order valence-electron chi connectivity index (χ4n) is 1.10. The molecule has 4 heteroatoms. The highest BCUT2D eigenvalue weighted by molar-refractivity contribution is 6.32. The van der Waals surface area contributed by atoms with Crippen molar-refractivity contribution in [2.24, 2.45) is 0 Å². The van der Waals surface area contributed by atoms with Gasteiger partial charge in [0.15, 0.2) is 0 Å². The van der Waals surface area contributed by atoms with Crippen LogP contribution in [0.5, 0.6) is 0 Å². The van der Waals surface area contributed by atoms with Crippen molar-refractivity contribution in [3.63, 3.8) is 0 Å². The van der Waals surface area contributed by atoms with Crippen molar-refractivity contribution in [1.82, 2.24) is 9.78 Å². The van der Waals surface area contributed by atoms with Gasteiger partial charge in [0, 0.05) is 11.9 Å². The molecule has 0 aromatic carbocycles. The van der Waals surface area contributed by atoms with E-state index in [9.17, 15) is 0 Å². The smallest absolute Gasteiger partial charge is 0.143 e. The Labute approximate surface area is 73.4 Å². The summed E-state index contributed by atoms with van der Waals surface area (Å²) in [5, 5.41) is 13.0. The molecule has 0 atom stereocenters. The minimum absolute atomic E-state index is 0.543. The van der Waals surface area contributed by atoms with E-state index >= 15 is 0 Å². The van der Waals surface area contributed by atoms with Crippen molar-refractivity contribution in [2.45, 2.75) is 26.3 Å². The average Bonchev–Trinajstić information content (AvgIpc) is 2.33. The van der Waals surface area contributed by atoms with Gasteiger partial charge < -0.3 is 0 Å². The molecule has 0 aliphatic heterocycles. The molecule has 0 N–H and O–H groups in total. The first-order valence-corrected chi connectivity index (χ1v) is 3.92. The SMILES string of the molecule is Bc1cnn(C(C)(C)C#N)c1C. The van der Waals surface area contributed by atoms with Crippen LogP contribution in [-0.2, 0) is 5.54 Å². The second-order valence-electron chi connectivity index (χ2n) is 3.50. The highest BCUT2D eigenvalue weighted by Crippen LogP contribution is 2.12. The predicted octanol–water partition coefficient (Wildman–Crippen LogP) is -0.291. The third-order valence-corrected chi connectivity index (χ3v) is 2.06. The molecule has 62 valence electrons. The van der Waals surface area contributed by atoms with Crippen LogP contribution in [-0.4, -0.2) is 17.6 Å². The quantitative estimate of drug-likeness (QED) is 0.531. The van der Waals surface area contributed by atoms with Crippen molar-refractivity contribution in [3.05, 3.63) is 11.9 Å². The summed E-state index contributed by atoms with van der Waals surface area (Å²) in [7, 11) is 1.99. The number of hydrogen-bond donors (Lipinski definition) is 0. The van der Waals surface area contributed by atoms with E-state index in [-0.39, 0.29) is 0 Å². The molecular weight excluding hydrogens is 149 g/mol. The molecular formula is C8H12BN3. The number of rotatable bonds is 1. The molecule has 0 amide bonds. The largest absolute Gasteiger partial charge is 0.251 e. The maximum atomic E-state index is 8.87. The Bertz CT molecular complexity index is 333. The van der Waals surface area contributed by atoms with Crippen LogP contribution in [0.3, 0.4) is 0 Å². The Morgan fingerprint density at radius 1 is 1.67 bits per heavy atom. The van der Waals surface area contributed by atoms with E-state index in [0.29, 0.717) is 0 Å². The summed E-state index contributed by atoms with van der Waals surface area (Å²) in [6.07, 6.45) is 1.79. The van der Waals surface area contributed by atoms with Gasteiger partial charge >= 0.3 is 0 Å². The topological polar surface area (TPSA) is 41.6 Å². The first-order valence-electron chi connectivity index (χ1n) is 3.92. The minimum Gasteiger partial charge on any atom is -0.251 e. The van der Waals surface area contributed by atoms with E-state index in [1.807, 2.05) is 28.6 Å². The van der Waals surface area contributed by atoms with E-state index in [2.05, 4.69) is 11.2 Å². The van der Waals surface area contributed by atoms with Crippen LogP contribution in [0, 0.1) is 18.3 Å². The normalized spacial score (nSPS) is 11.2. The zero-order valence-electron chi connectivity index (χ0n) is 7.92. The van der Waals surface area contributed by atoms with Crippen LogP contribution in [0.25, 0.3) is 0 Å². The molecule has 0 bridgehead atoms. The van der Waals surface area contributed by atoms with E-state index in [1.54, 1.807) is 10.9 Å². The summed E-state index contributed by atoms with van der Waals surface area (Å²) >= 11 is 0. The summed E-state index contributed by atoms with van der Waals surface area (Å²) < 4.78 is 1.75. The monoisotopic (exact) mass is 161 g/mol. The maximum absolute atomic E-state index is 8.87. The third kappa shape index (κ3) is 1.23. The van der Waals surface area contributed by atoms with Gasteiger partial charge in [-0.3, -0.25) is 4.68 Å². The van der Waals surface area contributed by atoms with Crippen molar-refractivity contribution in [3.8, 4) is 6.07 Å². The van der Waals surface area contributed by atoms with E-state index in [4.69, 9.17) is 5.26 Å². The molecule has 3 nitrogen and oxygen atoms in total. The molecule has 0 aliphatic rings. The first-order chi connectivity index (χ1) is 5.49. The van der Waals surface area contributed by atoms with Gasteiger partial charge in [-0.2, -0.15) is 10.4 Å². The first kappa shape index (κ1) is 8.86. The maximum Gasteiger partial charge on any atom is 0.143 e. The lowest BCUT2D eigenvalue weighted by Gasteiger charge is -2.18. The van der Waals surface area contributed by atoms with Gasteiger partial charge in [0.1, 0.15) is 13.4 Å². The Hall–Kier alpha value is -1.24. The van der Waals surface area contributed by atoms with Gasteiger partial charge in [0.05, 0.1) is 6.07 Å². The highest BCUT2D eigenvalue weighted by Gasteiger charge is 2.21. The molecule has 0 radical (unpaired) electrons. The molecule has 0 spiro atoms. The molecule has 0 fully saturated rings. The van der Waals surface area contributed by atoms with E-state index in [0.717, 1.165) is 11.2 Å². The van der Waals surface area contributed by atoms with Gasteiger partial charge in [-0.15, -0.1) is 0 Å². The summed E-state index contributed by atoms with van der Waals surface area (Å²) in [4.78, 5) is 0. The van der Waals surface area contributed by atoms with Gasteiger partial charge in [-0.25, -0.2) is 0 Å². The van der Waals surface area contributed by atoms with Crippen molar-refractivity contribution in [1.29, 1.82) is 5.26 Å². The zero-order valence-corrected chi connectivity index (χ0v) is 7.92. The molecule has 0 saturated carbocycles. The van der Waals surface area contributed by atoms with Gasteiger partial charge in [-0.05, 0) is 26.2 Å². The molecule has 0 aliphatic carbocycles. The van der Waals surface area contributed by atoms with Crippen LogP contribution in [0.1, 0.15) is 19.5 Å². The number of nitrogens with zero attached hydrogens (tertiary/aromatic N) is 3. The summed E-state index contributed by atoms with van der Waals surface area (Å²) in [6, 6.07) is 2.21. The van der Waals surface area contributed by atoms with Crippen molar-refractivity contribution in [2.75, 3.05) is 0 Å². The van der Waals surface area contributed by atoms with Crippen LogP contribution < -0.4 is 5.46 Å². The molecule has 0 unspecified atom stereocenters. The fraction of sp³-hybridized carbons (Fsp3) is 0.500. The minimum atomic E-state index is -0.543. The van der Waals surface area contributed by atoms with Crippen molar-refractivity contribution < 1.29 is 0 Å². The molecule has 12 heavy (non-hydrogen) atoms. The van der Waals surface area contributed by atoms with Crippen LogP contribution in [0.4, 0.5) is 0 Å². The Balaban J connectivity index is 3.22. The Kier molecular flexibility index (Phi) is 1.97. The van der Waals surface area contributed by atoms with Gasteiger partial charge in [0.25, 0.3) is 0 Å². The molecule has 1 heterocycles. The number of hydrogen-bond acceptors (Lipinski definition) is 2. The lowest BCUT2D eigenvalue weighted by molar-refractivity contribution is 0.409. The average molecular weight is 161 g/mol. The number of aromatic nitrogens is 2. The molecule has 1 aromatic rings.